The van der Waals surface area contributed by atoms with Gasteiger partial charge in [0.1, 0.15) is 30.3 Å². The SMILES string of the molecule is C#CCCC[C@@H](O)[C@@H](C)[C@@H]1C/C=C(\C)C(=O)O[C@H](CC(C)C)C(=O)N[C@@H](C)C(=O)N(C)[C@H](Cc2ccccc2)C(=O)N(C)CC(=O)N[C@@H]([C@@H](C)CC)C(=O)N(C)[C@@H](C)C(=O)O1. The van der Waals surface area contributed by atoms with Gasteiger partial charge in [-0.15, -0.1) is 12.3 Å². The van der Waals surface area contributed by atoms with Gasteiger partial charge in [-0.3, -0.25) is 24.0 Å². The van der Waals surface area contributed by atoms with Crippen LogP contribution in [0.5, 0.6) is 0 Å². The van der Waals surface area contributed by atoms with Crippen LogP contribution in [0.4, 0.5) is 0 Å². The maximum absolute atomic E-state index is 14.2. The van der Waals surface area contributed by atoms with Crippen molar-refractivity contribution in [1.29, 1.82) is 0 Å². The second kappa shape index (κ2) is 24.9. The van der Waals surface area contributed by atoms with Gasteiger partial charge >= 0.3 is 11.9 Å². The highest BCUT2D eigenvalue weighted by molar-refractivity contribution is 5.96. The molecule has 0 aromatic heterocycles. The zero-order valence-corrected chi connectivity index (χ0v) is 37.9. The van der Waals surface area contributed by atoms with Gasteiger partial charge in [-0.2, -0.15) is 0 Å². The van der Waals surface area contributed by atoms with E-state index in [9.17, 15) is 38.7 Å². The number of hydrogen-bond acceptors (Lipinski definition) is 10. The minimum absolute atomic E-state index is 0.0225. The van der Waals surface area contributed by atoms with E-state index in [1.807, 2.05) is 26.8 Å². The number of aliphatic hydroxyl groups excluding tert-OH is 1. The van der Waals surface area contributed by atoms with Crippen molar-refractivity contribution in [2.24, 2.45) is 17.8 Å². The summed E-state index contributed by atoms with van der Waals surface area (Å²) in [6, 6.07) is 4.55. The Balaban J connectivity index is 2.67. The number of cyclic esters (lactones) is 2. The highest BCUT2D eigenvalue weighted by Crippen LogP contribution is 2.23. The lowest BCUT2D eigenvalue weighted by Gasteiger charge is -2.34. The van der Waals surface area contributed by atoms with Crippen molar-refractivity contribution in [3.05, 3.63) is 47.5 Å². The number of nitrogens with zero attached hydrogens (tertiary/aromatic N) is 3. The Morgan fingerprint density at radius 1 is 0.902 bits per heavy atom. The molecule has 0 unspecified atom stereocenters. The van der Waals surface area contributed by atoms with E-state index in [1.54, 1.807) is 38.1 Å². The van der Waals surface area contributed by atoms with Crippen molar-refractivity contribution in [2.45, 2.75) is 143 Å². The molecule has 0 bridgehead atoms. The van der Waals surface area contributed by atoms with Crippen molar-refractivity contribution in [1.82, 2.24) is 25.3 Å². The first-order valence-electron chi connectivity index (χ1n) is 21.3. The Hall–Kier alpha value is -5.23. The summed E-state index contributed by atoms with van der Waals surface area (Å²) in [6.07, 6.45) is 5.71. The van der Waals surface area contributed by atoms with E-state index in [2.05, 4.69) is 16.6 Å². The van der Waals surface area contributed by atoms with E-state index in [4.69, 9.17) is 15.9 Å². The van der Waals surface area contributed by atoms with Crippen molar-refractivity contribution >= 4 is 41.5 Å². The van der Waals surface area contributed by atoms with E-state index in [1.165, 1.54) is 62.7 Å². The molecule has 5 amide bonds. The third kappa shape index (κ3) is 15.6. The van der Waals surface area contributed by atoms with Gasteiger partial charge in [0, 0.05) is 51.9 Å². The number of amides is 5. The molecule has 0 spiro atoms. The maximum Gasteiger partial charge on any atom is 0.334 e. The van der Waals surface area contributed by atoms with Gasteiger partial charge < -0.3 is 39.9 Å². The summed E-state index contributed by atoms with van der Waals surface area (Å²) in [4.78, 5) is 100. The number of nitrogens with one attached hydrogen (secondary N) is 2. The Bertz CT molecular complexity index is 1740. The molecule has 1 aromatic carbocycles. The number of esters is 2. The van der Waals surface area contributed by atoms with Gasteiger partial charge in [0.2, 0.25) is 23.6 Å². The van der Waals surface area contributed by atoms with Crippen LogP contribution < -0.4 is 10.6 Å². The summed E-state index contributed by atoms with van der Waals surface area (Å²) in [6.45, 7) is 13.0. The van der Waals surface area contributed by atoms with Gasteiger partial charge in [0.25, 0.3) is 5.91 Å². The number of ether oxygens (including phenoxy) is 2. The fraction of sp³-hybridized carbons (Fsp3) is 0.630. The molecule has 338 valence electrons. The molecule has 0 radical (unpaired) electrons. The number of unbranched alkanes of at least 4 members (excludes halogenated alkanes) is 1. The van der Waals surface area contributed by atoms with Crippen LogP contribution in [-0.4, -0.2) is 131 Å². The second-order valence-electron chi connectivity index (χ2n) is 16.8. The summed E-state index contributed by atoms with van der Waals surface area (Å²) >= 11 is 0. The highest BCUT2D eigenvalue weighted by atomic mass is 16.6. The van der Waals surface area contributed by atoms with Crippen LogP contribution in [0.15, 0.2) is 42.0 Å². The van der Waals surface area contributed by atoms with E-state index in [0.29, 0.717) is 25.7 Å². The molecule has 2 rings (SSSR count). The van der Waals surface area contributed by atoms with Crippen LogP contribution in [0.2, 0.25) is 0 Å². The Kier molecular flexibility index (Phi) is 21.2. The molecule has 15 heteroatoms. The largest absolute Gasteiger partial charge is 0.460 e. The van der Waals surface area contributed by atoms with Crippen molar-refractivity contribution in [2.75, 3.05) is 27.7 Å². The number of aliphatic hydroxyl groups is 1. The minimum Gasteiger partial charge on any atom is -0.460 e. The summed E-state index contributed by atoms with van der Waals surface area (Å²) in [5, 5.41) is 16.5. The Morgan fingerprint density at radius 2 is 1.54 bits per heavy atom. The number of carbonyl (C=O) groups is 7. The van der Waals surface area contributed by atoms with Gasteiger partial charge in [0.05, 0.1) is 12.6 Å². The number of hydrogen-bond donors (Lipinski definition) is 3. The molecule has 1 aliphatic heterocycles. The molecule has 1 heterocycles. The number of rotatable bonds is 11. The highest BCUT2D eigenvalue weighted by Gasteiger charge is 2.38. The van der Waals surface area contributed by atoms with Crippen molar-refractivity contribution < 1.29 is 48.1 Å². The molecule has 15 nitrogen and oxygen atoms in total. The monoisotopic (exact) mass is 852 g/mol. The van der Waals surface area contributed by atoms with E-state index >= 15 is 0 Å². The minimum atomic E-state index is -1.29. The molecule has 1 aromatic rings. The first kappa shape index (κ1) is 51.9. The van der Waals surface area contributed by atoms with Crippen LogP contribution in [0.3, 0.4) is 0 Å². The summed E-state index contributed by atoms with van der Waals surface area (Å²) in [7, 11) is 4.29. The average Bonchev–Trinajstić information content (AvgIpc) is 3.23. The predicted octanol–water partition coefficient (Wildman–Crippen LogP) is 3.42. The standard InChI is InChI=1S/C46H69N5O10/c1-13-15-17-22-36(52)31(7)37-24-23-30(6)45(58)61-38(25-28(3)4)41(54)47-32(8)42(55)51(12)35(26-34-20-18-16-19-21-34)43(56)49(10)27-39(53)48-40(29(5)14-2)44(57)50(11)33(9)46(59)60-37/h1,16,18-21,23,28-29,31-33,35-38,40,52H,14-15,17,22,24-27H2,2-12H3,(H,47,54)(H,48,53)/b30-23+/t29-,31+,32-,33-,35+,36+,37-,38+,40-/m0/s1. The number of benzene rings is 1. The predicted molar refractivity (Wildman–Crippen MR) is 231 cm³/mol. The molecule has 9 atom stereocenters. The van der Waals surface area contributed by atoms with Gasteiger partial charge in [-0.25, -0.2) is 9.59 Å². The molecule has 1 aliphatic rings. The quantitative estimate of drug-likeness (QED) is 0.169. The summed E-state index contributed by atoms with van der Waals surface area (Å²) in [5.41, 5.74) is 0.847. The van der Waals surface area contributed by atoms with Crippen molar-refractivity contribution in [3.8, 4) is 12.3 Å². The lowest BCUT2D eigenvalue weighted by molar-refractivity contribution is -0.162. The molecular weight excluding hydrogens is 783 g/mol. The van der Waals surface area contributed by atoms with E-state index in [-0.39, 0.29) is 36.7 Å². The Morgan fingerprint density at radius 3 is 2.13 bits per heavy atom. The Labute approximate surface area is 362 Å². The molecule has 0 saturated carbocycles. The maximum atomic E-state index is 14.2. The first-order chi connectivity index (χ1) is 28.6. The zero-order valence-electron chi connectivity index (χ0n) is 37.9. The number of carbonyl (C=O) groups excluding carboxylic acids is 7. The fourth-order valence-corrected chi connectivity index (χ4v) is 6.85. The van der Waals surface area contributed by atoms with Crippen LogP contribution in [0.25, 0.3) is 0 Å². The third-order valence-electron chi connectivity index (χ3n) is 11.4. The molecule has 0 aliphatic carbocycles. The molecule has 0 fully saturated rings. The topological polar surface area (TPSA) is 192 Å². The average molecular weight is 852 g/mol. The van der Waals surface area contributed by atoms with Gasteiger partial charge in [-0.1, -0.05) is 77.4 Å². The van der Waals surface area contributed by atoms with E-state index < -0.39 is 96.4 Å². The number of terminal acetylenes is 1. The summed E-state index contributed by atoms with van der Waals surface area (Å²) < 4.78 is 11.7. The number of likely N-dealkylation sites (N-methyl/N-ethyl adjacent to an activating group) is 3. The van der Waals surface area contributed by atoms with Gasteiger partial charge in [0.15, 0.2) is 6.10 Å². The van der Waals surface area contributed by atoms with Crippen LogP contribution in [-0.2, 0) is 49.5 Å². The third-order valence-corrected chi connectivity index (χ3v) is 11.4. The fourth-order valence-electron chi connectivity index (χ4n) is 6.85. The van der Waals surface area contributed by atoms with Gasteiger partial charge in [-0.05, 0) is 57.4 Å². The smallest absolute Gasteiger partial charge is 0.334 e. The van der Waals surface area contributed by atoms with E-state index in [0.717, 1.165) is 5.56 Å². The van der Waals surface area contributed by atoms with Crippen LogP contribution >= 0.6 is 0 Å². The van der Waals surface area contributed by atoms with Crippen LogP contribution in [0.1, 0.15) is 99.5 Å². The summed E-state index contributed by atoms with van der Waals surface area (Å²) in [5.74, 6) is -3.25. The zero-order chi connectivity index (χ0) is 46.1. The molecular formula is C46H69N5O10. The molecule has 3 N–H and O–H groups in total. The second-order valence-corrected chi connectivity index (χ2v) is 16.8. The first-order valence-corrected chi connectivity index (χ1v) is 21.3. The normalized spacial score (nSPS) is 26.2. The van der Waals surface area contributed by atoms with Crippen molar-refractivity contribution in [3.63, 3.8) is 0 Å². The molecule has 61 heavy (non-hydrogen) atoms. The lowest BCUT2D eigenvalue weighted by Crippen LogP contribution is -2.58. The lowest BCUT2D eigenvalue weighted by atomic mass is 9.91. The van der Waals surface area contributed by atoms with Crippen LogP contribution in [0, 0.1) is 30.1 Å². The molecule has 0 saturated heterocycles.